The number of ether oxygens (including phenoxy) is 1. The van der Waals surface area contributed by atoms with Crippen LogP contribution in [0, 0.1) is 0 Å². The Balaban J connectivity index is 2.20. The van der Waals surface area contributed by atoms with Crippen molar-refractivity contribution in [3.05, 3.63) is 0 Å². The molecule has 1 aliphatic rings. The van der Waals surface area contributed by atoms with Crippen LogP contribution in [0.3, 0.4) is 0 Å². The van der Waals surface area contributed by atoms with Crippen molar-refractivity contribution < 1.29 is 19.4 Å². The zero-order valence-corrected chi connectivity index (χ0v) is 8.91. The number of carboxylic acids is 1. The van der Waals surface area contributed by atoms with Crippen LogP contribution in [0.15, 0.2) is 0 Å². The lowest BCUT2D eigenvalue weighted by Crippen LogP contribution is -2.54. The quantitative estimate of drug-likeness (QED) is 0.678. The number of hydrogen-bond acceptors (Lipinski definition) is 3. The molecule has 1 rings (SSSR count). The van der Waals surface area contributed by atoms with Crippen LogP contribution in [0.4, 0.5) is 0 Å². The van der Waals surface area contributed by atoms with E-state index >= 15 is 0 Å². The highest BCUT2D eigenvalue weighted by Gasteiger charge is 2.36. The largest absolute Gasteiger partial charge is 0.480 e. The van der Waals surface area contributed by atoms with Crippen molar-refractivity contribution in [2.45, 2.75) is 38.1 Å². The van der Waals surface area contributed by atoms with Crippen molar-refractivity contribution in [1.29, 1.82) is 0 Å². The van der Waals surface area contributed by atoms with Crippen LogP contribution in [-0.4, -0.2) is 35.7 Å². The van der Waals surface area contributed by atoms with Crippen molar-refractivity contribution in [3.8, 4) is 0 Å². The standard InChI is InChI=1S/C10H17NO4/c1-2-10(4-3-5-10)11-8(12)6-15-7-9(13)14/h2-7H2,1H3,(H,11,12)(H,13,14). The summed E-state index contributed by atoms with van der Waals surface area (Å²) in [6, 6.07) is 0. The third-order valence-corrected chi connectivity index (χ3v) is 2.85. The molecule has 0 heterocycles. The fourth-order valence-electron chi connectivity index (χ4n) is 1.73. The Kier molecular flexibility index (Phi) is 4.08. The first-order chi connectivity index (χ1) is 7.08. The van der Waals surface area contributed by atoms with E-state index in [0.717, 1.165) is 25.7 Å². The van der Waals surface area contributed by atoms with Gasteiger partial charge in [0.2, 0.25) is 5.91 Å². The fourth-order valence-corrected chi connectivity index (χ4v) is 1.73. The maximum atomic E-state index is 11.4. The molecule has 86 valence electrons. The van der Waals surface area contributed by atoms with E-state index in [1.54, 1.807) is 0 Å². The molecule has 1 saturated carbocycles. The Morgan fingerprint density at radius 3 is 2.47 bits per heavy atom. The molecule has 15 heavy (non-hydrogen) atoms. The number of carboxylic acid groups (broad SMARTS) is 1. The number of rotatable bonds is 6. The molecule has 0 unspecified atom stereocenters. The molecule has 0 aromatic rings. The van der Waals surface area contributed by atoms with Gasteiger partial charge >= 0.3 is 5.97 Å². The highest BCUT2D eigenvalue weighted by atomic mass is 16.5. The van der Waals surface area contributed by atoms with Gasteiger partial charge in [0.25, 0.3) is 0 Å². The molecule has 0 aliphatic heterocycles. The Morgan fingerprint density at radius 1 is 1.40 bits per heavy atom. The van der Waals surface area contributed by atoms with Gasteiger partial charge in [0.15, 0.2) is 0 Å². The predicted octanol–water partition coefficient (Wildman–Crippen LogP) is 0.536. The van der Waals surface area contributed by atoms with E-state index in [0.29, 0.717) is 0 Å². The summed E-state index contributed by atoms with van der Waals surface area (Å²) in [5.41, 5.74) is -0.0519. The maximum absolute atomic E-state index is 11.4. The van der Waals surface area contributed by atoms with E-state index in [1.165, 1.54) is 0 Å². The molecule has 0 spiro atoms. The zero-order chi connectivity index (χ0) is 11.3. The zero-order valence-electron chi connectivity index (χ0n) is 8.91. The van der Waals surface area contributed by atoms with Crippen LogP contribution >= 0.6 is 0 Å². The van der Waals surface area contributed by atoms with Gasteiger partial charge in [0.1, 0.15) is 13.2 Å². The third-order valence-electron chi connectivity index (χ3n) is 2.85. The van der Waals surface area contributed by atoms with Gasteiger partial charge in [-0.25, -0.2) is 4.79 Å². The maximum Gasteiger partial charge on any atom is 0.329 e. The van der Waals surface area contributed by atoms with Crippen LogP contribution in [0.25, 0.3) is 0 Å². The minimum atomic E-state index is -1.06. The van der Waals surface area contributed by atoms with Gasteiger partial charge in [-0.1, -0.05) is 6.92 Å². The van der Waals surface area contributed by atoms with Gasteiger partial charge in [-0.15, -0.1) is 0 Å². The van der Waals surface area contributed by atoms with E-state index in [2.05, 4.69) is 5.32 Å². The lowest BCUT2D eigenvalue weighted by Gasteiger charge is -2.41. The molecule has 5 nitrogen and oxygen atoms in total. The molecule has 0 atom stereocenters. The van der Waals surface area contributed by atoms with Gasteiger partial charge in [0.05, 0.1) is 0 Å². The van der Waals surface area contributed by atoms with E-state index < -0.39 is 12.6 Å². The van der Waals surface area contributed by atoms with Crippen LogP contribution in [0.5, 0.6) is 0 Å². The van der Waals surface area contributed by atoms with Crippen molar-refractivity contribution in [2.24, 2.45) is 0 Å². The normalized spacial score (nSPS) is 17.9. The summed E-state index contributed by atoms with van der Waals surface area (Å²) in [6.07, 6.45) is 4.07. The first-order valence-electron chi connectivity index (χ1n) is 5.18. The smallest absolute Gasteiger partial charge is 0.329 e. The first-order valence-corrected chi connectivity index (χ1v) is 5.18. The number of carbonyl (C=O) groups excluding carboxylic acids is 1. The second-order valence-electron chi connectivity index (χ2n) is 3.92. The topological polar surface area (TPSA) is 75.6 Å². The van der Waals surface area contributed by atoms with Gasteiger partial charge in [0, 0.05) is 5.54 Å². The number of aliphatic carboxylic acids is 1. The summed E-state index contributed by atoms with van der Waals surface area (Å²) in [7, 11) is 0. The van der Waals surface area contributed by atoms with Crippen molar-refractivity contribution in [2.75, 3.05) is 13.2 Å². The molecule has 0 bridgehead atoms. The summed E-state index contributed by atoms with van der Waals surface area (Å²) in [6.45, 7) is 1.44. The lowest BCUT2D eigenvalue weighted by molar-refractivity contribution is -0.144. The van der Waals surface area contributed by atoms with E-state index in [9.17, 15) is 9.59 Å². The average molecular weight is 215 g/mol. The third kappa shape index (κ3) is 3.51. The molecule has 1 fully saturated rings. The van der Waals surface area contributed by atoms with Gasteiger partial charge in [-0.2, -0.15) is 0 Å². The van der Waals surface area contributed by atoms with E-state index in [-0.39, 0.29) is 18.1 Å². The molecule has 1 amide bonds. The summed E-state index contributed by atoms with van der Waals surface area (Å²) < 4.78 is 4.70. The summed E-state index contributed by atoms with van der Waals surface area (Å²) in [4.78, 5) is 21.5. The van der Waals surface area contributed by atoms with Crippen LogP contribution in [0.2, 0.25) is 0 Å². The fraction of sp³-hybridized carbons (Fsp3) is 0.800. The van der Waals surface area contributed by atoms with Crippen molar-refractivity contribution in [1.82, 2.24) is 5.32 Å². The van der Waals surface area contributed by atoms with E-state index in [1.807, 2.05) is 6.92 Å². The molecule has 5 heteroatoms. The van der Waals surface area contributed by atoms with Gasteiger partial charge in [-0.3, -0.25) is 4.79 Å². The monoisotopic (exact) mass is 215 g/mol. The summed E-state index contributed by atoms with van der Waals surface area (Å²) >= 11 is 0. The minimum absolute atomic E-state index is 0.0519. The summed E-state index contributed by atoms with van der Waals surface area (Å²) in [5, 5.41) is 11.2. The molecule has 1 aliphatic carbocycles. The number of hydrogen-bond donors (Lipinski definition) is 2. The van der Waals surface area contributed by atoms with Gasteiger partial charge in [-0.05, 0) is 25.7 Å². The summed E-state index contributed by atoms with van der Waals surface area (Å²) in [5.74, 6) is -1.28. The highest BCUT2D eigenvalue weighted by molar-refractivity contribution is 5.78. The second kappa shape index (κ2) is 5.11. The van der Waals surface area contributed by atoms with Crippen molar-refractivity contribution in [3.63, 3.8) is 0 Å². The van der Waals surface area contributed by atoms with Gasteiger partial charge < -0.3 is 15.2 Å². The Morgan fingerprint density at radius 2 is 2.07 bits per heavy atom. The van der Waals surface area contributed by atoms with Crippen LogP contribution in [0.1, 0.15) is 32.6 Å². The Labute approximate surface area is 88.8 Å². The molecule has 0 saturated heterocycles. The van der Waals surface area contributed by atoms with Crippen LogP contribution in [-0.2, 0) is 14.3 Å². The molecule has 2 N–H and O–H groups in total. The second-order valence-corrected chi connectivity index (χ2v) is 3.92. The van der Waals surface area contributed by atoms with Crippen molar-refractivity contribution >= 4 is 11.9 Å². The average Bonchev–Trinajstić information content (AvgIpc) is 2.11. The number of amides is 1. The lowest BCUT2D eigenvalue weighted by atomic mass is 9.75. The molecule has 0 aromatic carbocycles. The minimum Gasteiger partial charge on any atom is -0.480 e. The van der Waals surface area contributed by atoms with E-state index in [4.69, 9.17) is 9.84 Å². The molecule has 0 aromatic heterocycles. The molecule has 0 radical (unpaired) electrons. The Hall–Kier alpha value is -1.10. The first kappa shape index (κ1) is 12.0. The highest BCUT2D eigenvalue weighted by Crippen LogP contribution is 2.34. The predicted molar refractivity (Wildman–Crippen MR) is 53.5 cm³/mol. The molecular weight excluding hydrogens is 198 g/mol. The Bertz CT molecular complexity index is 242. The number of nitrogens with one attached hydrogen (secondary N) is 1. The molecular formula is C10H17NO4. The van der Waals surface area contributed by atoms with Crippen LogP contribution < -0.4 is 5.32 Å². The number of carbonyl (C=O) groups is 2. The SMILES string of the molecule is CCC1(NC(=O)COCC(=O)O)CCC1.